The predicted molar refractivity (Wildman–Crippen MR) is 79.9 cm³/mol. The van der Waals surface area contributed by atoms with E-state index in [9.17, 15) is 4.79 Å². The molecule has 5 nitrogen and oxygen atoms in total. The monoisotopic (exact) mass is 287 g/mol. The van der Waals surface area contributed by atoms with Gasteiger partial charge in [-0.3, -0.25) is 0 Å². The molecule has 5 heteroatoms. The molecule has 0 aliphatic rings. The zero-order valence-electron chi connectivity index (χ0n) is 12.7. The van der Waals surface area contributed by atoms with Crippen molar-refractivity contribution in [3.05, 3.63) is 47.3 Å². The van der Waals surface area contributed by atoms with Crippen LogP contribution in [0.1, 0.15) is 54.5 Å². The molecule has 112 valence electrons. The van der Waals surface area contributed by atoms with Crippen molar-refractivity contribution < 1.29 is 9.53 Å². The highest BCUT2D eigenvalue weighted by Gasteiger charge is 2.20. The van der Waals surface area contributed by atoms with Gasteiger partial charge in [-0.15, -0.1) is 5.10 Å². The van der Waals surface area contributed by atoms with Crippen LogP contribution in [-0.2, 0) is 11.3 Å². The van der Waals surface area contributed by atoms with Gasteiger partial charge in [-0.05, 0) is 25.8 Å². The van der Waals surface area contributed by atoms with Gasteiger partial charge < -0.3 is 4.74 Å². The number of carbonyl (C=O) groups excluding carboxylic acids is 1. The number of hydrogen-bond donors (Lipinski definition) is 0. The number of rotatable bonds is 6. The highest BCUT2D eigenvalue weighted by Crippen LogP contribution is 2.16. The van der Waals surface area contributed by atoms with Gasteiger partial charge in [0.2, 0.25) is 0 Å². The quantitative estimate of drug-likeness (QED) is 0.765. The standard InChI is InChI=1S/C16H21N3O2/c1-4-8-12(2)19-13(3)15(17-18-19)16(20)21-11-14-9-6-5-7-10-14/h5-7,9-10,12H,4,8,11H2,1-3H3. The summed E-state index contributed by atoms with van der Waals surface area (Å²) in [6.07, 6.45) is 2.07. The van der Waals surface area contributed by atoms with Crippen LogP contribution in [0.25, 0.3) is 0 Å². The molecular formula is C16H21N3O2. The predicted octanol–water partition coefficient (Wildman–Crippen LogP) is 3.30. The molecule has 1 aromatic carbocycles. The van der Waals surface area contributed by atoms with Gasteiger partial charge in [0.15, 0.2) is 5.69 Å². The molecule has 1 unspecified atom stereocenters. The Morgan fingerprint density at radius 2 is 2.05 bits per heavy atom. The molecule has 0 spiro atoms. The topological polar surface area (TPSA) is 57.0 Å². The van der Waals surface area contributed by atoms with Crippen LogP contribution in [0.5, 0.6) is 0 Å². The second-order valence-electron chi connectivity index (χ2n) is 5.17. The number of nitrogens with zero attached hydrogens (tertiary/aromatic N) is 3. The summed E-state index contributed by atoms with van der Waals surface area (Å²) >= 11 is 0. The molecular weight excluding hydrogens is 266 g/mol. The Morgan fingerprint density at radius 1 is 1.33 bits per heavy atom. The van der Waals surface area contributed by atoms with E-state index >= 15 is 0 Å². The maximum atomic E-state index is 12.1. The lowest BCUT2D eigenvalue weighted by Gasteiger charge is -2.11. The third-order valence-electron chi connectivity index (χ3n) is 3.46. The van der Waals surface area contributed by atoms with E-state index in [2.05, 4.69) is 24.2 Å². The second-order valence-corrected chi connectivity index (χ2v) is 5.17. The summed E-state index contributed by atoms with van der Waals surface area (Å²) in [7, 11) is 0. The van der Waals surface area contributed by atoms with E-state index in [0.717, 1.165) is 24.1 Å². The Hall–Kier alpha value is -2.17. The van der Waals surface area contributed by atoms with Gasteiger partial charge in [0.25, 0.3) is 0 Å². The Balaban J connectivity index is 2.03. The van der Waals surface area contributed by atoms with Crippen molar-refractivity contribution in [2.24, 2.45) is 0 Å². The normalized spacial score (nSPS) is 12.1. The van der Waals surface area contributed by atoms with Crippen molar-refractivity contribution in [3.8, 4) is 0 Å². The van der Waals surface area contributed by atoms with E-state index < -0.39 is 5.97 Å². The average molecular weight is 287 g/mol. The molecule has 2 aromatic rings. The van der Waals surface area contributed by atoms with Crippen LogP contribution in [0, 0.1) is 6.92 Å². The molecule has 0 aliphatic carbocycles. The summed E-state index contributed by atoms with van der Waals surface area (Å²) in [5.74, 6) is -0.425. The van der Waals surface area contributed by atoms with E-state index in [1.807, 2.05) is 37.3 Å². The first-order chi connectivity index (χ1) is 10.1. The molecule has 1 aromatic heterocycles. The van der Waals surface area contributed by atoms with Crippen LogP contribution in [0.2, 0.25) is 0 Å². The molecule has 2 rings (SSSR count). The molecule has 0 fully saturated rings. The number of carbonyl (C=O) groups is 1. The van der Waals surface area contributed by atoms with Gasteiger partial charge in [0.1, 0.15) is 6.61 Å². The lowest BCUT2D eigenvalue weighted by Crippen LogP contribution is -2.11. The summed E-state index contributed by atoms with van der Waals surface area (Å²) in [5, 5.41) is 8.05. The van der Waals surface area contributed by atoms with Crippen LogP contribution in [-0.4, -0.2) is 21.0 Å². The van der Waals surface area contributed by atoms with Gasteiger partial charge in [-0.2, -0.15) is 0 Å². The lowest BCUT2D eigenvalue weighted by molar-refractivity contribution is 0.0464. The second kappa shape index (κ2) is 7.02. The molecule has 0 radical (unpaired) electrons. The van der Waals surface area contributed by atoms with E-state index in [1.165, 1.54) is 0 Å². The third kappa shape index (κ3) is 3.68. The number of aromatic nitrogens is 3. The van der Waals surface area contributed by atoms with Gasteiger partial charge in [-0.1, -0.05) is 48.9 Å². The van der Waals surface area contributed by atoms with Crippen LogP contribution >= 0.6 is 0 Å². The van der Waals surface area contributed by atoms with Crippen LogP contribution in [0.4, 0.5) is 0 Å². The molecule has 1 atom stereocenters. The van der Waals surface area contributed by atoms with Crippen LogP contribution < -0.4 is 0 Å². The summed E-state index contributed by atoms with van der Waals surface area (Å²) < 4.78 is 7.09. The van der Waals surface area contributed by atoms with Crippen molar-refractivity contribution in [1.29, 1.82) is 0 Å². The van der Waals surface area contributed by atoms with E-state index in [-0.39, 0.29) is 12.6 Å². The third-order valence-corrected chi connectivity index (χ3v) is 3.46. The zero-order chi connectivity index (χ0) is 15.2. The van der Waals surface area contributed by atoms with E-state index in [4.69, 9.17) is 4.74 Å². The van der Waals surface area contributed by atoms with Gasteiger partial charge in [-0.25, -0.2) is 9.48 Å². The van der Waals surface area contributed by atoms with Gasteiger partial charge in [0, 0.05) is 0 Å². The Labute approximate surface area is 124 Å². The maximum absolute atomic E-state index is 12.1. The first-order valence-corrected chi connectivity index (χ1v) is 7.26. The number of esters is 1. The van der Waals surface area contributed by atoms with Gasteiger partial charge in [0.05, 0.1) is 11.7 Å². The van der Waals surface area contributed by atoms with E-state index in [0.29, 0.717) is 5.69 Å². The number of benzene rings is 1. The highest BCUT2D eigenvalue weighted by molar-refractivity contribution is 5.88. The minimum Gasteiger partial charge on any atom is -0.456 e. The molecule has 0 saturated heterocycles. The fourth-order valence-electron chi connectivity index (χ4n) is 2.28. The van der Waals surface area contributed by atoms with Gasteiger partial charge >= 0.3 is 5.97 Å². The zero-order valence-corrected chi connectivity index (χ0v) is 12.7. The molecule has 0 aliphatic heterocycles. The number of hydrogen-bond acceptors (Lipinski definition) is 4. The Morgan fingerprint density at radius 3 is 2.71 bits per heavy atom. The van der Waals surface area contributed by atoms with Crippen molar-refractivity contribution in [1.82, 2.24) is 15.0 Å². The van der Waals surface area contributed by atoms with Crippen molar-refractivity contribution >= 4 is 5.97 Å². The first-order valence-electron chi connectivity index (χ1n) is 7.26. The van der Waals surface area contributed by atoms with Crippen molar-refractivity contribution in [3.63, 3.8) is 0 Å². The van der Waals surface area contributed by atoms with Crippen molar-refractivity contribution in [2.75, 3.05) is 0 Å². The smallest absolute Gasteiger partial charge is 0.361 e. The Kier molecular flexibility index (Phi) is 5.09. The fraction of sp³-hybridized carbons (Fsp3) is 0.438. The summed E-state index contributed by atoms with van der Waals surface area (Å²) in [6.45, 7) is 6.30. The Bertz CT molecular complexity index is 593. The summed E-state index contributed by atoms with van der Waals surface area (Å²) in [6, 6.07) is 9.82. The molecule has 0 saturated carbocycles. The molecule has 0 N–H and O–H groups in total. The first kappa shape index (κ1) is 15.2. The van der Waals surface area contributed by atoms with Crippen molar-refractivity contribution in [2.45, 2.75) is 46.3 Å². The molecule has 0 bridgehead atoms. The molecule has 21 heavy (non-hydrogen) atoms. The van der Waals surface area contributed by atoms with Crippen LogP contribution in [0.3, 0.4) is 0 Å². The van der Waals surface area contributed by atoms with E-state index in [1.54, 1.807) is 4.68 Å². The SMILES string of the molecule is CCCC(C)n1nnc(C(=O)OCc2ccccc2)c1C. The lowest BCUT2D eigenvalue weighted by atomic mass is 10.2. The maximum Gasteiger partial charge on any atom is 0.361 e. The summed E-state index contributed by atoms with van der Waals surface area (Å²) in [5.41, 5.74) is 2.01. The summed E-state index contributed by atoms with van der Waals surface area (Å²) in [4.78, 5) is 12.1. The molecule has 0 amide bonds. The largest absolute Gasteiger partial charge is 0.456 e. The minimum atomic E-state index is -0.425. The number of ether oxygens (including phenoxy) is 1. The van der Waals surface area contributed by atoms with Crippen LogP contribution in [0.15, 0.2) is 30.3 Å². The minimum absolute atomic E-state index is 0.234. The highest BCUT2D eigenvalue weighted by atomic mass is 16.5. The fourth-order valence-corrected chi connectivity index (χ4v) is 2.28. The molecule has 1 heterocycles. The average Bonchev–Trinajstić information content (AvgIpc) is 2.88.